The molecule has 8 aromatic rings. The van der Waals surface area contributed by atoms with Crippen LogP contribution in [0.1, 0.15) is 18.7 Å². The molecule has 0 radical (unpaired) electrons. The molecule has 1 aliphatic carbocycles. The van der Waals surface area contributed by atoms with Crippen molar-refractivity contribution in [2.45, 2.75) is 12.8 Å². The molecule has 2 heterocycles. The van der Waals surface area contributed by atoms with Crippen molar-refractivity contribution in [2.24, 2.45) is 0 Å². The van der Waals surface area contributed by atoms with Crippen LogP contribution in [0.2, 0.25) is 0 Å². The molecule has 0 fully saturated rings. The lowest BCUT2D eigenvalue weighted by Gasteiger charge is -2.15. The number of hydrogen-bond acceptors (Lipinski definition) is 4. The molecule has 0 aliphatic heterocycles. The van der Waals surface area contributed by atoms with Crippen LogP contribution in [0.15, 0.2) is 182 Å². The van der Waals surface area contributed by atoms with E-state index in [4.69, 9.17) is 10.2 Å². The Hall–Kier alpha value is -6.92. The monoisotopic (exact) mass is 670 g/mol. The molecule has 0 spiro atoms. The number of aromatic nitrogens is 6. The molecule has 0 atom stereocenters. The van der Waals surface area contributed by atoms with Crippen molar-refractivity contribution < 1.29 is 0 Å². The van der Waals surface area contributed by atoms with Crippen molar-refractivity contribution in [3.63, 3.8) is 0 Å². The topological polar surface area (TPSA) is 61.4 Å². The first-order chi connectivity index (χ1) is 25.8. The summed E-state index contributed by atoms with van der Waals surface area (Å²) < 4.78 is 4.35. The average molecular weight is 671 g/mol. The van der Waals surface area contributed by atoms with Crippen molar-refractivity contribution in [1.82, 2.24) is 29.5 Å². The summed E-state index contributed by atoms with van der Waals surface area (Å²) in [5.74, 6) is 3.30. The second-order valence-electron chi connectivity index (χ2n) is 12.8. The maximum Gasteiger partial charge on any atom is 0.168 e. The number of hydrogen-bond donors (Lipinski definition) is 0. The van der Waals surface area contributed by atoms with Gasteiger partial charge in [0.2, 0.25) is 0 Å². The van der Waals surface area contributed by atoms with Gasteiger partial charge in [-0.3, -0.25) is 9.13 Å². The molecule has 6 heteroatoms. The molecule has 0 saturated carbocycles. The molecule has 0 saturated heterocycles. The van der Waals surface area contributed by atoms with Gasteiger partial charge in [-0.2, -0.15) is 0 Å². The molecule has 0 amide bonds. The average Bonchev–Trinajstić information content (AvgIpc) is 3.89. The second-order valence-corrected chi connectivity index (χ2v) is 12.8. The van der Waals surface area contributed by atoms with E-state index in [0.717, 1.165) is 86.5 Å². The minimum absolute atomic E-state index is 0.797. The van der Waals surface area contributed by atoms with Crippen LogP contribution in [-0.4, -0.2) is 29.5 Å². The zero-order valence-corrected chi connectivity index (χ0v) is 28.4. The third-order valence-corrected chi connectivity index (χ3v) is 9.46. The van der Waals surface area contributed by atoms with Crippen molar-refractivity contribution >= 4 is 5.57 Å². The van der Waals surface area contributed by atoms with Gasteiger partial charge in [-0.25, -0.2) is 0 Å². The largest absolute Gasteiger partial charge is 0.275 e. The van der Waals surface area contributed by atoms with Gasteiger partial charge < -0.3 is 0 Å². The summed E-state index contributed by atoms with van der Waals surface area (Å²) in [4.78, 5) is 0. The lowest BCUT2D eigenvalue weighted by atomic mass is 9.98. The Morgan fingerprint density at radius 3 is 1.19 bits per heavy atom. The molecule has 2 aromatic heterocycles. The Morgan fingerprint density at radius 1 is 0.365 bits per heavy atom. The van der Waals surface area contributed by atoms with Gasteiger partial charge in [0, 0.05) is 28.1 Å². The predicted molar refractivity (Wildman–Crippen MR) is 210 cm³/mol. The lowest BCUT2D eigenvalue weighted by Crippen LogP contribution is -2.04. The molecular weight excluding hydrogens is 637 g/mol. The fourth-order valence-corrected chi connectivity index (χ4v) is 6.90. The molecule has 9 rings (SSSR count). The Labute approximate surface area is 302 Å². The van der Waals surface area contributed by atoms with E-state index in [9.17, 15) is 0 Å². The maximum atomic E-state index is 4.73. The van der Waals surface area contributed by atoms with Crippen LogP contribution in [0.3, 0.4) is 0 Å². The summed E-state index contributed by atoms with van der Waals surface area (Å²) in [5, 5.41) is 18.8. The molecule has 6 nitrogen and oxygen atoms in total. The zero-order valence-electron chi connectivity index (χ0n) is 28.4. The Kier molecular flexibility index (Phi) is 8.23. The van der Waals surface area contributed by atoms with Gasteiger partial charge in [-0.05, 0) is 71.0 Å². The predicted octanol–water partition coefficient (Wildman–Crippen LogP) is 10.9. The smallest absolute Gasteiger partial charge is 0.168 e. The molecule has 52 heavy (non-hydrogen) atoms. The molecule has 1 aliphatic rings. The highest BCUT2D eigenvalue weighted by Gasteiger charge is 2.20. The van der Waals surface area contributed by atoms with Crippen LogP contribution in [0.25, 0.3) is 73.4 Å². The summed E-state index contributed by atoms with van der Waals surface area (Å²) in [6.45, 7) is 0. The summed E-state index contributed by atoms with van der Waals surface area (Å²) >= 11 is 0. The van der Waals surface area contributed by atoms with Crippen LogP contribution in [0, 0.1) is 0 Å². The molecule has 0 N–H and O–H groups in total. The van der Waals surface area contributed by atoms with Gasteiger partial charge in [0.05, 0.1) is 0 Å². The Balaban J connectivity index is 1.12. The van der Waals surface area contributed by atoms with Crippen LogP contribution in [0.4, 0.5) is 0 Å². The van der Waals surface area contributed by atoms with Crippen LogP contribution < -0.4 is 0 Å². The lowest BCUT2D eigenvalue weighted by molar-refractivity contribution is 0.964. The first kappa shape index (κ1) is 31.1. The van der Waals surface area contributed by atoms with Crippen molar-refractivity contribution in [3.8, 4) is 67.8 Å². The standard InChI is InChI=1S/C46H34N6/c1-5-16-33(17-6-1)43-47-48-44(34-18-7-2-8-19-34)51(43)41-28-14-26-39(31-41)37-24-13-25-38(30-37)40-27-15-29-42(32-40)52-45(35-20-9-3-10-21-35)49-50-46(52)36-22-11-4-12-23-36/h1-11,13-22,24-32H,12,23H2. The van der Waals surface area contributed by atoms with Gasteiger partial charge in [-0.15, -0.1) is 20.4 Å². The van der Waals surface area contributed by atoms with E-state index in [1.54, 1.807) is 0 Å². The summed E-state index contributed by atoms with van der Waals surface area (Å²) in [5.41, 5.74) is 10.7. The van der Waals surface area contributed by atoms with E-state index in [0.29, 0.717) is 0 Å². The number of allylic oxidation sites excluding steroid dienone is 4. The minimum Gasteiger partial charge on any atom is -0.275 e. The molecule has 0 unspecified atom stereocenters. The number of benzene rings is 6. The third kappa shape index (κ3) is 5.97. The Bertz CT molecular complexity index is 2500. The first-order valence-electron chi connectivity index (χ1n) is 17.5. The third-order valence-electron chi connectivity index (χ3n) is 9.46. The van der Waals surface area contributed by atoms with E-state index < -0.39 is 0 Å². The fraction of sp³-hybridized carbons (Fsp3) is 0.0435. The highest BCUT2D eigenvalue weighted by molar-refractivity contribution is 5.77. The summed E-state index contributed by atoms with van der Waals surface area (Å²) in [6.07, 6.45) is 8.39. The number of rotatable bonds is 8. The van der Waals surface area contributed by atoms with E-state index in [1.165, 1.54) is 5.57 Å². The van der Waals surface area contributed by atoms with Gasteiger partial charge in [-0.1, -0.05) is 152 Å². The Morgan fingerprint density at radius 2 is 0.750 bits per heavy atom. The van der Waals surface area contributed by atoms with Gasteiger partial charge in [0.15, 0.2) is 23.3 Å². The highest BCUT2D eigenvalue weighted by atomic mass is 15.3. The van der Waals surface area contributed by atoms with Crippen LogP contribution in [0.5, 0.6) is 0 Å². The summed E-state index contributed by atoms with van der Waals surface area (Å²) in [6, 6.07) is 56.8. The first-order valence-corrected chi connectivity index (χ1v) is 17.5. The SMILES string of the molecule is C1=CCCC(c2nnc(-c3ccccc3)n2-c2cccc(-c3cccc(-c4cccc(-n5c(-c6ccccc6)nnc5-c5ccccc5)c4)c3)c2)=C1. The highest BCUT2D eigenvalue weighted by Crippen LogP contribution is 2.34. The van der Waals surface area contributed by atoms with Gasteiger partial charge in [0.25, 0.3) is 0 Å². The van der Waals surface area contributed by atoms with Crippen molar-refractivity contribution in [2.75, 3.05) is 0 Å². The van der Waals surface area contributed by atoms with Gasteiger partial charge in [0.1, 0.15) is 0 Å². The van der Waals surface area contributed by atoms with Crippen molar-refractivity contribution in [1.29, 1.82) is 0 Å². The van der Waals surface area contributed by atoms with Gasteiger partial charge >= 0.3 is 0 Å². The second kappa shape index (κ2) is 13.8. The van der Waals surface area contributed by atoms with Crippen LogP contribution >= 0.6 is 0 Å². The minimum atomic E-state index is 0.797. The fourth-order valence-electron chi connectivity index (χ4n) is 6.90. The molecule has 0 bridgehead atoms. The quantitative estimate of drug-likeness (QED) is 0.161. The molecular formula is C46H34N6. The molecule has 248 valence electrons. The van der Waals surface area contributed by atoms with Crippen molar-refractivity contribution in [3.05, 3.63) is 188 Å². The maximum absolute atomic E-state index is 4.73. The normalized spacial score (nSPS) is 12.5. The summed E-state index contributed by atoms with van der Waals surface area (Å²) in [7, 11) is 0. The zero-order chi connectivity index (χ0) is 34.7. The van der Waals surface area contributed by atoms with Crippen LogP contribution in [-0.2, 0) is 0 Å². The van der Waals surface area contributed by atoms with E-state index in [1.807, 2.05) is 54.6 Å². The van der Waals surface area contributed by atoms with E-state index in [2.05, 4.69) is 147 Å². The van der Waals surface area contributed by atoms with E-state index >= 15 is 0 Å². The number of nitrogens with zero attached hydrogens (tertiary/aromatic N) is 6. The molecule has 6 aromatic carbocycles. The van der Waals surface area contributed by atoms with E-state index in [-0.39, 0.29) is 0 Å².